The predicted octanol–water partition coefficient (Wildman–Crippen LogP) is 4.81. The van der Waals surface area contributed by atoms with Crippen LogP contribution < -0.4 is 5.32 Å². The maximum atomic E-state index is 12.3. The molecule has 2 aromatic rings. The lowest BCUT2D eigenvalue weighted by molar-refractivity contribution is -0.253. The number of benzene rings is 2. The molecule has 0 aliphatic carbocycles. The van der Waals surface area contributed by atoms with Crippen molar-refractivity contribution in [1.82, 2.24) is 4.90 Å². The number of nitrogens with one attached hydrogen (secondary N) is 1. The molecular formula is C31H42N2O7. The molecular weight excluding hydrogens is 512 g/mol. The van der Waals surface area contributed by atoms with Gasteiger partial charge in [0.1, 0.15) is 0 Å². The van der Waals surface area contributed by atoms with E-state index in [1.807, 2.05) is 48.5 Å². The van der Waals surface area contributed by atoms with Gasteiger partial charge in [-0.25, -0.2) is 0 Å². The van der Waals surface area contributed by atoms with Crippen molar-refractivity contribution in [3.05, 3.63) is 65.2 Å². The summed E-state index contributed by atoms with van der Waals surface area (Å²) in [4.78, 5) is 25.4. The zero-order valence-electron chi connectivity index (χ0n) is 23.3. The van der Waals surface area contributed by atoms with E-state index in [0.29, 0.717) is 44.0 Å². The quantitative estimate of drug-likeness (QED) is 0.285. The summed E-state index contributed by atoms with van der Waals surface area (Å²) in [5, 5.41) is 21.1. The first kappa shape index (κ1) is 30.1. The molecule has 2 fully saturated rings. The van der Waals surface area contributed by atoms with Gasteiger partial charge < -0.3 is 29.7 Å². The third-order valence-electron chi connectivity index (χ3n) is 7.67. The molecule has 0 unspecified atom stereocenters. The Hall–Kier alpha value is -2.82. The minimum absolute atomic E-state index is 0.00359. The molecule has 0 aromatic heterocycles. The summed E-state index contributed by atoms with van der Waals surface area (Å²) in [5.74, 6) is -0.894. The van der Waals surface area contributed by atoms with Crippen molar-refractivity contribution in [3.8, 4) is 0 Å². The van der Waals surface area contributed by atoms with Gasteiger partial charge in [0.15, 0.2) is 6.29 Å². The van der Waals surface area contributed by atoms with Gasteiger partial charge in [0.05, 0.1) is 25.4 Å². The summed E-state index contributed by atoms with van der Waals surface area (Å²) in [6.07, 6.45) is 4.72. The Morgan fingerprint density at radius 1 is 1.00 bits per heavy atom. The molecule has 4 rings (SSSR count). The maximum Gasteiger partial charge on any atom is 0.303 e. The van der Waals surface area contributed by atoms with Gasteiger partial charge in [-0.1, -0.05) is 42.8 Å². The Morgan fingerprint density at radius 3 is 2.42 bits per heavy atom. The number of methoxy groups -OCH3 is 1. The third kappa shape index (κ3) is 8.84. The summed E-state index contributed by atoms with van der Waals surface area (Å²) in [6, 6.07) is 15.8. The van der Waals surface area contributed by atoms with Crippen molar-refractivity contribution >= 4 is 17.6 Å². The maximum absolute atomic E-state index is 12.3. The Labute approximate surface area is 236 Å². The van der Waals surface area contributed by atoms with Crippen LogP contribution in [-0.4, -0.2) is 65.9 Å². The number of aliphatic hydroxyl groups is 1. The fourth-order valence-electron chi connectivity index (χ4n) is 5.50. The highest BCUT2D eigenvalue weighted by molar-refractivity contribution is 5.90. The van der Waals surface area contributed by atoms with Crippen molar-refractivity contribution in [1.29, 1.82) is 0 Å². The number of carbonyl (C=O) groups is 2. The number of amides is 1. The van der Waals surface area contributed by atoms with E-state index >= 15 is 0 Å². The van der Waals surface area contributed by atoms with E-state index in [-0.39, 0.29) is 31.1 Å². The normalized spacial score (nSPS) is 23.2. The van der Waals surface area contributed by atoms with Gasteiger partial charge in [0, 0.05) is 50.2 Å². The first-order valence-electron chi connectivity index (χ1n) is 14.3. The molecule has 9 heteroatoms. The fraction of sp³-hybridized carbons (Fsp3) is 0.548. The molecule has 40 heavy (non-hydrogen) atoms. The lowest BCUT2D eigenvalue weighted by Gasteiger charge is -2.38. The second kappa shape index (κ2) is 15.3. The summed E-state index contributed by atoms with van der Waals surface area (Å²) in [7, 11) is 1.75. The van der Waals surface area contributed by atoms with Gasteiger partial charge in [0.2, 0.25) is 5.91 Å². The van der Waals surface area contributed by atoms with E-state index in [2.05, 4.69) is 10.2 Å². The minimum Gasteiger partial charge on any atom is -0.481 e. The van der Waals surface area contributed by atoms with Crippen LogP contribution in [0.15, 0.2) is 48.5 Å². The number of hydrogen-bond acceptors (Lipinski definition) is 7. The number of unbranched alkanes of at least 4 members (excludes halogenated alkanes) is 2. The SMILES string of the molecule is COC[C@@H]1CCCN1C[C@@H]1C[C@H](c2ccc(CO)cc2)O[C@H](c2ccc(NC(=O)CCCCCC(=O)O)cc2)O1. The third-order valence-corrected chi connectivity index (χ3v) is 7.67. The molecule has 218 valence electrons. The lowest BCUT2D eigenvalue weighted by atomic mass is 9.99. The molecule has 4 atom stereocenters. The number of hydrogen-bond donors (Lipinski definition) is 3. The Morgan fingerprint density at radius 2 is 1.73 bits per heavy atom. The van der Waals surface area contributed by atoms with Crippen LogP contribution in [0.5, 0.6) is 0 Å². The lowest BCUT2D eigenvalue weighted by Crippen LogP contribution is -2.42. The predicted molar refractivity (Wildman–Crippen MR) is 151 cm³/mol. The number of carbonyl (C=O) groups excluding carboxylic acids is 1. The standard InChI is InChI=1S/C31H42N2O7/c1-38-21-26-6-5-17-33(26)19-27-18-28(23-11-9-22(20-34)10-12-23)40-31(39-27)24-13-15-25(16-14-24)32-29(35)7-3-2-4-8-30(36)37/h9-16,26-28,31,34H,2-8,17-21H2,1H3,(H,32,35)(H,36,37)/t26-,27-,28+,31+/m0/s1. The van der Waals surface area contributed by atoms with Crippen molar-refractivity contribution in [2.24, 2.45) is 0 Å². The van der Waals surface area contributed by atoms with Crippen molar-refractivity contribution < 1.29 is 34.0 Å². The molecule has 0 bridgehead atoms. The van der Waals surface area contributed by atoms with Crippen LogP contribution in [0.3, 0.4) is 0 Å². The number of rotatable bonds is 14. The number of aliphatic hydroxyl groups excluding tert-OH is 1. The smallest absolute Gasteiger partial charge is 0.303 e. The largest absolute Gasteiger partial charge is 0.481 e. The monoisotopic (exact) mass is 554 g/mol. The topological polar surface area (TPSA) is 118 Å². The van der Waals surface area contributed by atoms with Gasteiger partial charge in [0.25, 0.3) is 0 Å². The minimum atomic E-state index is -0.806. The fourth-order valence-corrected chi connectivity index (χ4v) is 5.50. The van der Waals surface area contributed by atoms with Crippen molar-refractivity contribution in [2.75, 3.05) is 32.1 Å². The number of anilines is 1. The molecule has 3 N–H and O–H groups in total. The first-order chi connectivity index (χ1) is 19.4. The molecule has 2 aliphatic heterocycles. The van der Waals surface area contributed by atoms with Crippen LogP contribution in [0, 0.1) is 0 Å². The average molecular weight is 555 g/mol. The Kier molecular flexibility index (Phi) is 11.5. The summed E-state index contributed by atoms with van der Waals surface area (Å²) in [5.41, 5.74) is 3.49. The zero-order valence-corrected chi connectivity index (χ0v) is 23.3. The molecule has 9 nitrogen and oxygen atoms in total. The highest BCUT2D eigenvalue weighted by Crippen LogP contribution is 2.39. The summed E-state index contributed by atoms with van der Waals surface area (Å²) in [6.45, 7) is 2.56. The molecule has 0 radical (unpaired) electrons. The number of carboxylic acids is 1. The average Bonchev–Trinajstić information content (AvgIpc) is 3.39. The molecule has 0 saturated carbocycles. The molecule has 2 aromatic carbocycles. The number of likely N-dealkylation sites (tertiary alicyclic amines) is 1. The van der Waals surface area contributed by atoms with Gasteiger partial charge in [-0.2, -0.15) is 0 Å². The van der Waals surface area contributed by atoms with E-state index in [4.69, 9.17) is 19.3 Å². The van der Waals surface area contributed by atoms with Crippen LogP contribution >= 0.6 is 0 Å². The second-order valence-electron chi connectivity index (χ2n) is 10.7. The highest BCUT2D eigenvalue weighted by atomic mass is 16.7. The first-order valence-corrected chi connectivity index (χ1v) is 14.3. The molecule has 2 heterocycles. The van der Waals surface area contributed by atoms with Crippen molar-refractivity contribution in [2.45, 2.75) is 82.5 Å². The number of ether oxygens (including phenoxy) is 3. The van der Waals surface area contributed by atoms with Crippen LogP contribution in [0.25, 0.3) is 0 Å². The van der Waals surface area contributed by atoms with Gasteiger partial charge in [-0.3, -0.25) is 14.5 Å². The Balaban J connectivity index is 1.39. The van der Waals surface area contributed by atoms with E-state index in [9.17, 15) is 14.7 Å². The summed E-state index contributed by atoms with van der Waals surface area (Å²) >= 11 is 0. The molecule has 2 saturated heterocycles. The molecule has 1 amide bonds. The van der Waals surface area contributed by atoms with E-state index < -0.39 is 12.3 Å². The number of aliphatic carboxylic acids is 1. The van der Waals surface area contributed by atoms with Crippen LogP contribution in [0.1, 0.15) is 80.5 Å². The highest BCUT2D eigenvalue weighted by Gasteiger charge is 2.35. The van der Waals surface area contributed by atoms with Gasteiger partial charge >= 0.3 is 5.97 Å². The van der Waals surface area contributed by atoms with E-state index in [0.717, 1.165) is 49.0 Å². The zero-order chi connectivity index (χ0) is 28.3. The van der Waals surface area contributed by atoms with E-state index in [1.54, 1.807) is 7.11 Å². The van der Waals surface area contributed by atoms with Crippen LogP contribution in [0.4, 0.5) is 5.69 Å². The van der Waals surface area contributed by atoms with E-state index in [1.165, 1.54) is 0 Å². The number of carboxylic acid groups (broad SMARTS) is 1. The summed E-state index contributed by atoms with van der Waals surface area (Å²) < 4.78 is 18.4. The van der Waals surface area contributed by atoms with Crippen LogP contribution in [-0.2, 0) is 30.4 Å². The van der Waals surface area contributed by atoms with Crippen LogP contribution in [0.2, 0.25) is 0 Å². The van der Waals surface area contributed by atoms with Gasteiger partial charge in [-0.05, 0) is 55.5 Å². The van der Waals surface area contributed by atoms with Gasteiger partial charge in [-0.15, -0.1) is 0 Å². The molecule has 0 spiro atoms. The second-order valence-corrected chi connectivity index (χ2v) is 10.7. The Bertz CT molecular complexity index is 1080. The number of nitrogens with zero attached hydrogens (tertiary/aromatic N) is 1. The van der Waals surface area contributed by atoms with Crippen molar-refractivity contribution in [3.63, 3.8) is 0 Å². The molecule has 2 aliphatic rings.